The molecule has 0 saturated carbocycles. The van der Waals surface area contributed by atoms with E-state index in [0.717, 1.165) is 25.0 Å². The largest absolute Gasteiger partial charge is 0.326 e. The zero-order chi connectivity index (χ0) is 13.2. The quantitative estimate of drug-likeness (QED) is 0.917. The first-order valence-electron chi connectivity index (χ1n) is 7.14. The van der Waals surface area contributed by atoms with Crippen LogP contribution < -0.4 is 5.73 Å². The predicted octanol–water partition coefficient (Wildman–Crippen LogP) is 2.72. The highest BCUT2D eigenvalue weighted by Gasteiger charge is 2.33. The molecule has 3 heteroatoms. The van der Waals surface area contributed by atoms with Crippen LogP contribution in [0.2, 0.25) is 0 Å². The van der Waals surface area contributed by atoms with Crippen molar-refractivity contribution in [3.05, 3.63) is 42.1 Å². The molecule has 100 valence electrons. The summed E-state index contributed by atoms with van der Waals surface area (Å²) in [5, 5.41) is 1.20. The highest BCUT2D eigenvalue weighted by Crippen LogP contribution is 2.34. The summed E-state index contributed by atoms with van der Waals surface area (Å²) >= 11 is 0. The Morgan fingerprint density at radius 3 is 3.00 bits per heavy atom. The summed E-state index contributed by atoms with van der Waals surface area (Å²) in [5.74, 6) is 0. The molecule has 19 heavy (non-hydrogen) atoms. The van der Waals surface area contributed by atoms with Crippen LogP contribution >= 0.6 is 0 Å². The van der Waals surface area contributed by atoms with Gasteiger partial charge in [0, 0.05) is 24.2 Å². The summed E-state index contributed by atoms with van der Waals surface area (Å²) in [4.78, 5) is 7.08. The monoisotopic (exact) mass is 255 g/mol. The van der Waals surface area contributed by atoms with E-state index >= 15 is 0 Å². The van der Waals surface area contributed by atoms with Crippen LogP contribution in [0.3, 0.4) is 0 Å². The van der Waals surface area contributed by atoms with Crippen LogP contribution in [0.5, 0.6) is 0 Å². The fraction of sp³-hybridized carbons (Fsp3) is 0.438. The molecule has 1 aromatic heterocycles. The summed E-state index contributed by atoms with van der Waals surface area (Å²) in [7, 11) is 0. The number of benzene rings is 1. The smallest absolute Gasteiger partial charge is 0.0750 e. The number of hydrogen-bond donors (Lipinski definition) is 1. The molecule has 2 heterocycles. The van der Waals surface area contributed by atoms with Gasteiger partial charge in [0.05, 0.1) is 11.6 Å². The van der Waals surface area contributed by atoms with Crippen molar-refractivity contribution >= 4 is 10.9 Å². The van der Waals surface area contributed by atoms with Crippen molar-refractivity contribution in [1.82, 2.24) is 9.88 Å². The molecule has 2 N–H and O–H groups in total. The number of para-hydroxylation sites is 1. The summed E-state index contributed by atoms with van der Waals surface area (Å²) < 4.78 is 0. The third-order valence-electron chi connectivity index (χ3n) is 4.04. The molecule has 0 radical (unpaired) electrons. The minimum absolute atomic E-state index is 0.221. The van der Waals surface area contributed by atoms with Crippen molar-refractivity contribution in [2.75, 3.05) is 13.1 Å². The van der Waals surface area contributed by atoms with E-state index in [4.69, 9.17) is 5.73 Å². The molecule has 0 bridgehead atoms. The third-order valence-corrected chi connectivity index (χ3v) is 4.04. The van der Waals surface area contributed by atoms with E-state index in [0.29, 0.717) is 6.04 Å². The van der Waals surface area contributed by atoms with Crippen molar-refractivity contribution in [2.45, 2.75) is 31.8 Å². The molecule has 1 aliphatic rings. The van der Waals surface area contributed by atoms with Gasteiger partial charge in [-0.05, 0) is 31.0 Å². The highest BCUT2D eigenvalue weighted by molar-refractivity contribution is 5.82. The van der Waals surface area contributed by atoms with Crippen LogP contribution in [0.1, 0.15) is 31.4 Å². The SMILES string of the molecule is CCCN1CCC(N)C1c1cccc2cccnc12. The molecule has 3 rings (SSSR count). The van der Waals surface area contributed by atoms with E-state index in [-0.39, 0.29) is 6.04 Å². The lowest BCUT2D eigenvalue weighted by Gasteiger charge is -2.27. The molecule has 3 nitrogen and oxygen atoms in total. The summed E-state index contributed by atoms with van der Waals surface area (Å²) in [6, 6.07) is 11.1. The standard InChI is InChI=1S/C16H21N3/c1-2-10-19-11-8-14(17)16(19)13-7-3-5-12-6-4-9-18-15(12)13/h3-7,9,14,16H,2,8,10-11,17H2,1H3. The Balaban J connectivity index is 2.07. The molecular weight excluding hydrogens is 234 g/mol. The van der Waals surface area contributed by atoms with Gasteiger partial charge in [-0.2, -0.15) is 0 Å². The van der Waals surface area contributed by atoms with E-state index in [9.17, 15) is 0 Å². The Labute approximate surface area is 114 Å². The number of rotatable bonds is 3. The van der Waals surface area contributed by atoms with Crippen LogP contribution in [-0.4, -0.2) is 29.0 Å². The van der Waals surface area contributed by atoms with Crippen molar-refractivity contribution in [1.29, 1.82) is 0 Å². The average Bonchev–Trinajstić information content (AvgIpc) is 2.80. The van der Waals surface area contributed by atoms with Crippen molar-refractivity contribution in [3.63, 3.8) is 0 Å². The summed E-state index contributed by atoms with van der Waals surface area (Å²) in [5.41, 5.74) is 8.75. The number of hydrogen-bond acceptors (Lipinski definition) is 3. The lowest BCUT2D eigenvalue weighted by Crippen LogP contribution is -2.32. The van der Waals surface area contributed by atoms with Gasteiger partial charge in [-0.25, -0.2) is 0 Å². The molecule has 1 aromatic carbocycles. The molecule has 2 aromatic rings. The molecular formula is C16H21N3. The van der Waals surface area contributed by atoms with E-state index in [1.54, 1.807) is 0 Å². The first kappa shape index (κ1) is 12.6. The number of fused-ring (bicyclic) bond motifs is 1. The van der Waals surface area contributed by atoms with Gasteiger partial charge >= 0.3 is 0 Å². The lowest BCUT2D eigenvalue weighted by molar-refractivity contribution is 0.249. The molecule has 2 atom stereocenters. The zero-order valence-electron chi connectivity index (χ0n) is 11.4. The second-order valence-corrected chi connectivity index (χ2v) is 5.36. The van der Waals surface area contributed by atoms with E-state index in [1.165, 1.54) is 17.4 Å². The van der Waals surface area contributed by atoms with Gasteiger partial charge in [0.2, 0.25) is 0 Å². The molecule has 1 fully saturated rings. The zero-order valence-corrected chi connectivity index (χ0v) is 11.4. The maximum Gasteiger partial charge on any atom is 0.0750 e. The van der Waals surface area contributed by atoms with Crippen LogP contribution in [-0.2, 0) is 0 Å². The van der Waals surface area contributed by atoms with Gasteiger partial charge < -0.3 is 5.73 Å². The maximum atomic E-state index is 6.35. The normalized spacial score (nSPS) is 24.1. The summed E-state index contributed by atoms with van der Waals surface area (Å²) in [6.07, 6.45) is 4.12. The Hall–Kier alpha value is -1.45. The first-order valence-corrected chi connectivity index (χ1v) is 7.14. The first-order chi connectivity index (χ1) is 9.31. The van der Waals surface area contributed by atoms with Gasteiger partial charge in [-0.1, -0.05) is 31.2 Å². The number of likely N-dealkylation sites (tertiary alicyclic amines) is 1. The van der Waals surface area contributed by atoms with Crippen LogP contribution in [0, 0.1) is 0 Å². The fourth-order valence-electron chi connectivity index (χ4n) is 3.21. The van der Waals surface area contributed by atoms with Crippen LogP contribution in [0.4, 0.5) is 0 Å². The Morgan fingerprint density at radius 2 is 2.16 bits per heavy atom. The second-order valence-electron chi connectivity index (χ2n) is 5.36. The van der Waals surface area contributed by atoms with E-state index < -0.39 is 0 Å². The van der Waals surface area contributed by atoms with Crippen LogP contribution in [0.25, 0.3) is 10.9 Å². The molecule has 0 spiro atoms. The maximum absolute atomic E-state index is 6.35. The topological polar surface area (TPSA) is 42.1 Å². The fourth-order valence-corrected chi connectivity index (χ4v) is 3.21. The Morgan fingerprint density at radius 1 is 1.32 bits per heavy atom. The molecule has 2 unspecified atom stereocenters. The lowest BCUT2D eigenvalue weighted by atomic mass is 9.97. The average molecular weight is 255 g/mol. The van der Waals surface area contributed by atoms with Crippen molar-refractivity contribution < 1.29 is 0 Å². The van der Waals surface area contributed by atoms with Gasteiger partial charge in [0.15, 0.2) is 0 Å². The van der Waals surface area contributed by atoms with E-state index in [2.05, 4.69) is 41.1 Å². The number of nitrogens with two attached hydrogens (primary N) is 1. The van der Waals surface area contributed by atoms with Gasteiger partial charge in [0.25, 0.3) is 0 Å². The number of aromatic nitrogens is 1. The van der Waals surface area contributed by atoms with Gasteiger partial charge in [0.1, 0.15) is 0 Å². The molecule has 1 saturated heterocycles. The molecule has 0 amide bonds. The predicted molar refractivity (Wildman–Crippen MR) is 78.9 cm³/mol. The molecule has 1 aliphatic heterocycles. The van der Waals surface area contributed by atoms with Crippen LogP contribution in [0.15, 0.2) is 36.5 Å². The number of pyridine rings is 1. The Kier molecular flexibility index (Phi) is 3.49. The number of nitrogens with zero attached hydrogens (tertiary/aromatic N) is 2. The molecule has 0 aliphatic carbocycles. The Bertz CT molecular complexity index is 559. The third kappa shape index (κ3) is 2.24. The van der Waals surface area contributed by atoms with Gasteiger partial charge in [-0.3, -0.25) is 9.88 Å². The second kappa shape index (κ2) is 5.27. The van der Waals surface area contributed by atoms with Crippen molar-refractivity contribution in [2.24, 2.45) is 5.73 Å². The van der Waals surface area contributed by atoms with Gasteiger partial charge in [-0.15, -0.1) is 0 Å². The van der Waals surface area contributed by atoms with E-state index in [1.807, 2.05) is 12.3 Å². The van der Waals surface area contributed by atoms with Crippen molar-refractivity contribution in [3.8, 4) is 0 Å². The minimum Gasteiger partial charge on any atom is -0.326 e. The highest BCUT2D eigenvalue weighted by atomic mass is 15.2. The minimum atomic E-state index is 0.221. The summed E-state index contributed by atoms with van der Waals surface area (Å²) in [6.45, 7) is 4.44.